The van der Waals surface area contributed by atoms with Crippen LogP contribution < -0.4 is 9.80 Å². The van der Waals surface area contributed by atoms with E-state index in [1.165, 1.54) is 0 Å². The summed E-state index contributed by atoms with van der Waals surface area (Å²) in [7, 11) is 0. The van der Waals surface area contributed by atoms with Gasteiger partial charge in [0.15, 0.2) is 0 Å². The Morgan fingerprint density at radius 1 is 0.246 bits per heavy atom. The third-order valence-corrected chi connectivity index (χ3v) is 11.2. The molecule has 0 aliphatic heterocycles. The van der Waals surface area contributed by atoms with Crippen LogP contribution >= 0.6 is 0 Å². The third kappa shape index (κ3) is 5.03. The summed E-state index contributed by atoms with van der Waals surface area (Å²) in [6.07, 6.45) is 0. The molecule has 0 fully saturated rings. The molecule has 3 heterocycles. The first-order valence-corrected chi connectivity index (χ1v) is 19.2. The van der Waals surface area contributed by atoms with Crippen LogP contribution in [-0.2, 0) is 0 Å². The van der Waals surface area contributed by atoms with Gasteiger partial charge >= 0.3 is 0 Å². The monoisotopic (exact) mass is 732 g/mol. The topological polar surface area (TPSA) is 45.9 Å². The fourth-order valence-corrected chi connectivity index (χ4v) is 8.62. The van der Waals surface area contributed by atoms with Crippen LogP contribution in [0.15, 0.2) is 207 Å². The van der Waals surface area contributed by atoms with Crippen LogP contribution in [0.4, 0.5) is 34.1 Å². The molecule has 5 heteroatoms. The molecule has 268 valence electrons. The van der Waals surface area contributed by atoms with Crippen molar-refractivity contribution in [2.24, 2.45) is 0 Å². The molecule has 0 N–H and O–H groups in total. The minimum absolute atomic E-state index is 0.838. The fraction of sp³-hybridized carbons (Fsp3) is 0. The van der Waals surface area contributed by atoms with Crippen LogP contribution in [0.5, 0.6) is 0 Å². The Balaban J connectivity index is 1.07. The van der Waals surface area contributed by atoms with Crippen LogP contribution in [0, 0.1) is 0 Å². The quantitative estimate of drug-likeness (QED) is 0.170. The summed E-state index contributed by atoms with van der Waals surface area (Å²) in [4.78, 5) is 4.64. The van der Waals surface area contributed by atoms with Crippen molar-refractivity contribution in [1.29, 1.82) is 0 Å². The predicted molar refractivity (Wildman–Crippen MR) is 235 cm³/mol. The summed E-state index contributed by atoms with van der Waals surface area (Å²) < 4.78 is 19.0. The van der Waals surface area contributed by atoms with Gasteiger partial charge in [-0.05, 0) is 108 Å². The van der Waals surface area contributed by atoms with Crippen molar-refractivity contribution >= 4 is 111 Å². The highest BCUT2D eigenvalue weighted by Crippen LogP contribution is 2.45. The SMILES string of the molecule is c1ccc(N(c2cccc(N(c3ccc4c(c3)oc3ccccc34)c3ccc4oc5ccccc5c4c3)c2)c2ccc3ccc4oc5ccccc5c4c3c2)cc1. The number of fused-ring (bicyclic) bond motifs is 11. The Bertz CT molecular complexity index is 3500. The van der Waals surface area contributed by atoms with Gasteiger partial charge in [-0.3, -0.25) is 0 Å². The molecule has 9 aromatic carbocycles. The molecule has 3 aromatic heterocycles. The van der Waals surface area contributed by atoms with E-state index in [0.717, 1.165) is 111 Å². The summed E-state index contributed by atoms with van der Waals surface area (Å²) in [5.74, 6) is 0. The van der Waals surface area contributed by atoms with E-state index in [-0.39, 0.29) is 0 Å². The molecule has 0 unspecified atom stereocenters. The Morgan fingerprint density at radius 2 is 0.702 bits per heavy atom. The number of furan rings is 3. The summed E-state index contributed by atoms with van der Waals surface area (Å²) in [6, 6.07) is 68.0. The van der Waals surface area contributed by atoms with Gasteiger partial charge in [0.25, 0.3) is 0 Å². The molecule has 12 rings (SSSR count). The highest BCUT2D eigenvalue weighted by molar-refractivity contribution is 6.19. The Morgan fingerprint density at radius 3 is 1.47 bits per heavy atom. The van der Waals surface area contributed by atoms with Crippen molar-refractivity contribution in [2.45, 2.75) is 0 Å². The predicted octanol–water partition coefficient (Wildman–Crippen LogP) is 15.5. The lowest BCUT2D eigenvalue weighted by atomic mass is 10.0. The van der Waals surface area contributed by atoms with Crippen molar-refractivity contribution in [3.05, 3.63) is 194 Å². The molecule has 0 saturated heterocycles. The zero-order valence-electron chi connectivity index (χ0n) is 30.6. The van der Waals surface area contributed by atoms with Gasteiger partial charge in [0, 0.05) is 72.5 Å². The number of benzene rings is 9. The molecule has 0 bridgehead atoms. The highest BCUT2D eigenvalue weighted by Gasteiger charge is 2.21. The van der Waals surface area contributed by atoms with Crippen molar-refractivity contribution < 1.29 is 13.3 Å². The number of nitrogens with zero attached hydrogens (tertiary/aromatic N) is 2. The lowest BCUT2D eigenvalue weighted by molar-refractivity contribution is 0.668. The molecular formula is C52H32N2O3. The Kier molecular flexibility index (Phi) is 6.86. The Labute approximate surface area is 326 Å². The lowest BCUT2D eigenvalue weighted by Gasteiger charge is -2.29. The smallest absolute Gasteiger partial charge is 0.137 e. The second-order valence-electron chi connectivity index (χ2n) is 14.5. The molecule has 0 atom stereocenters. The van der Waals surface area contributed by atoms with Crippen LogP contribution in [-0.4, -0.2) is 0 Å². The zero-order chi connectivity index (χ0) is 37.5. The first-order chi connectivity index (χ1) is 28.2. The number of para-hydroxylation sites is 4. The molecule has 57 heavy (non-hydrogen) atoms. The molecule has 0 spiro atoms. The Hall–Kier alpha value is -7.76. The van der Waals surface area contributed by atoms with Crippen molar-refractivity contribution in [1.82, 2.24) is 0 Å². The molecule has 12 aromatic rings. The first kappa shape index (κ1) is 31.6. The van der Waals surface area contributed by atoms with E-state index in [2.05, 4.69) is 168 Å². The van der Waals surface area contributed by atoms with Gasteiger partial charge in [-0.15, -0.1) is 0 Å². The number of hydrogen-bond donors (Lipinski definition) is 0. The standard InChI is InChI=1S/C52H32N2O3/c1-2-11-34(12-3-1)53(37-23-21-33-22-27-50-52(44(33)30-37)43-17-6-9-20-48(43)56-50)35-13-10-14-36(29-35)54(38-25-28-49-45(31-38)41-16-5-8-19-47(41)55-49)39-24-26-42-40-15-4-7-18-46(40)57-51(42)32-39/h1-32H. The summed E-state index contributed by atoms with van der Waals surface area (Å²) in [5.41, 5.74) is 11.3. The van der Waals surface area contributed by atoms with Crippen molar-refractivity contribution in [2.75, 3.05) is 9.80 Å². The van der Waals surface area contributed by atoms with E-state index in [9.17, 15) is 0 Å². The van der Waals surface area contributed by atoms with Gasteiger partial charge in [0.1, 0.15) is 33.5 Å². The van der Waals surface area contributed by atoms with Crippen LogP contribution in [0.1, 0.15) is 0 Å². The average molecular weight is 733 g/mol. The molecule has 0 aliphatic rings. The van der Waals surface area contributed by atoms with Gasteiger partial charge in [-0.1, -0.05) is 91.0 Å². The second kappa shape index (κ2) is 12.4. The van der Waals surface area contributed by atoms with E-state index in [4.69, 9.17) is 13.3 Å². The van der Waals surface area contributed by atoms with E-state index >= 15 is 0 Å². The van der Waals surface area contributed by atoms with Crippen LogP contribution in [0.3, 0.4) is 0 Å². The molecule has 0 saturated carbocycles. The maximum absolute atomic E-state index is 6.44. The second-order valence-corrected chi connectivity index (χ2v) is 14.5. The van der Waals surface area contributed by atoms with Gasteiger partial charge < -0.3 is 23.1 Å². The van der Waals surface area contributed by atoms with Crippen LogP contribution in [0.25, 0.3) is 76.6 Å². The van der Waals surface area contributed by atoms with Gasteiger partial charge in [-0.25, -0.2) is 0 Å². The summed E-state index contributed by atoms with van der Waals surface area (Å²) in [5, 5.41) is 8.89. The van der Waals surface area contributed by atoms with Gasteiger partial charge in [-0.2, -0.15) is 0 Å². The lowest BCUT2D eigenvalue weighted by Crippen LogP contribution is -2.13. The number of rotatable bonds is 6. The highest BCUT2D eigenvalue weighted by atomic mass is 16.3. The largest absolute Gasteiger partial charge is 0.456 e. The van der Waals surface area contributed by atoms with Gasteiger partial charge in [0.2, 0.25) is 0 Å². The normalized spacial score (nSPS) is 11.9. The number of anilines is 6. The van der Waals surface area contributed by atoms with Crippen molar-refractivity contribution in [3.63, 3.8) is 0 Å². The molecular weight excluding hydrogens is 701 g/mol. The summed E-state index contributed by atoms with van der Waals surface area (Å²) >= 11 is 0. The van der Waals surface area contributed by atoms with E-state index in [1.54, 1.807) is 0 Å². The van der Waals surface area contributed by atoms with E-state index in [1.807, 2.05) is 36.4 Å². The van der Waals surface area contributed by atoms with E-state index < -0.39 is 0 Å². The summed E-state index contributed by atoms with van der Waals surface area (Å²) in [6.45, 7) is 0. The van der Waals surface area contributed by atoms with Gasteiger partial charge in [0.05, 0.1) is 0 Å². The average Bonchev–Trinajstić information content (AvgIpc) is 3.95. The molecule has 0 radical (unpaired) electrons. The first-order valence-electron chi connectivity index (χ1n) is 19.2. The maximum atomic E-state index is 6.44. The third-order valence-electron chi connectivity index (χ3n) is 11.2. The fourth-order valence-electron chi connectivity index (χ4n) is 8.62. The molecule has 5 nitrogen and oxygen atoms in total. The zero-order valence-corrected chi connectivity index (χ0v) is 30.6. The van der Waals surface area contributed by atoms with Crippen LogP contribution in [0.2, 0.25) is 0 Å². The maximum Gasteiger partial charge on any atom is 0.137 e. The number of hydrogen-bond acceptors (Lipinski definition) is 5. The minimum Gasteiger partial charge on any atom is -0.456 e. The molecule has 0 aliphatic carbocycles. The minimum atomic E-state index is 0.838. The van der Waals surface area contributed by atoms with E-state index in [0.29, 0.717) is 0 Å². The van der Waals surface area contributed by atoms with Crippen molar-refractivity contribution in [3.8, 4) is 0 Å². The molecule has 0 amide bonds.